The Bertz CT molecular complexity index is 442. The number of aliphatic carboxylic acids is 1. The van der Waals surface area contributed by atoms with E-state index in [2.05, 4.69) is 16.9 Å². The van der Waals surface area contributed by atoms with E-state index in [1.807, 2.05) is 17.9 Å². The van der Waals surface area contributed by atoms with E-state index in [1.54, 1.807) is 0 Å². The molecular formula is C14H23N3O2. The molecule has 2 rings (SSSR count). The largest absolute Gasteiger partial charge is 0.481 e. The normalized spacial score (nSPS) is 20.6. The Morgan fingerprint density at radius 2 is 2.37 bits per heavy atom. The van der Waals surface area contributed by atoms with Crippen molar-refractivity contribution in [3.05, 3.63) is 17.5 Å². The van der Waals surface area contributed by atoms with Gasteiger partial charge in [0.1, 0.15) is 0 Å². The van der Waals surface area contributed by atoms with Gasteiger partial charge in [0, 0.05) is 37.8 Å². The van der Waals surface area contributed by atoms with E-state index in [9.17, 15) is 4.79 Å². The number of hydrogen-bond acceptors (Lipinski definition) is 3. The number of aryl methyl sites for hydroxylation is 1. The maximum Gasteiger partial charge on any atom is 0.303 e. The molecule has 0 amide bonds. The maximum atomic E-state index is 10.6. The van der Waals surface area contributed by atoms with Crippen LogP contribution >= 0.6 is 0 Å². The molecule has 1 unspecified atom stereocenters. The summed E-state index contributed by atoms with van der Waals surface area (Å²) in [5, 5.41) is 13.0. The minimum Gasteiger partial charge on any atom is -0.481 e. The van der Waals surface area contributed by atoms with E-state index in [0.29, 0.717) is 12.3 Å². The van der Waals surface area contributed by atoms with Crippen LogP contribution in [0.15, 0.2) is 6.20 Å². The fourth-order valence-electron chi connectivity index (χ4n) is 2.80. The van der Waals surface area contributed by atoms with E-state index in [4.69, 9.17) is 5.11 Å². The molecule has 0 bridgehead atoms. The third kappa shape index (κ3) is 3.80. The van der Waals surface area contributed by atoms with Gasteiger partial charge in [-0.1, -0.05) is 0 Å². The summed E-state index contributed by atoms with van der Waals surface area (Å²) in [5.41, 5.74) is 2.49. The number of carbonyl (C=O) groups is 1. The van der Waals surface area contributed by atoms with E-state index in [-0.39, 0.29) is 0 Å². The van der Waals surface area contributed by atoms with Gasteiger partial charge in [0.05, 0.1) is 6.20 Å². The second-order valence-corrected chi connectivity index (χ2v) is 5.55. The first-order valence-corrected chi connectivity index (χ1v) is 6.98. The molecule has 106 valence electrons. The minimum atomic E-state index is -0.680. The van der Waals surface area contributed by atoms with Crippen molar-refractivity contribution in [3.8, 4) is 0 Å². The average Bonchev–Trinajstić information content (AvgIpc) is 2.69. The summed E-state index contributed by atoms with van der Waals surface area (Å²) in [6.45, 7) is 5.15. The van der Waals surface area contributed by atoms with Gasteiger partial charge in [-0.15, -0.1) is 0 Å². The fourth-order valence-corrected chi connectivity index (χ4v) is 2.80. The number of hydrogen-bond donors (Lipinski definition) is 1. The summed E-state index contributed by atoms with van der Waals surface area (Å²) in [4.78, 5) is 13.1. The van der Waals surface area contributed by atoms with Crippen LogP contribution in [0.3, 0.4) is 0 Å². The van der Waals surface area contributed by atoms with Gasteiger partial charge < -0.3 is 5.11 Å². The van der Waals surface area contributed by atoms with Crippen LogP contribution in [0, 0.1) is 12.8 Å². The summed E-state index contributed by atoms with van der Waals surface area (Å²) in [5.74, 6) is -0.151. The lowest BCUT2D eigenvalue weighted by Crippen LogP contribution is -2.35. The van der Waals surface area contributed by atoms with Gasteiger partial charge in [-0.2, -0.15) is 5.10 Å². The number of rotatable bonds is 5. The van der Waals surface area contributed by atoms with Gasteiger partial charge in [0.25, 0.3) is 0 Å². The van der Waals surface area contributed by atoms with Crippen molar-refractivity contribution in [2.45, 2.75) is 39.2 Å². The predicted molar refractivity (Wildman–Crippen MR) is 72.8 cm³/mol. The Balaban J connectivity index is 1.87. The molecule has 0 aromatic carbocycles. The third-order valence-electron chi connectivity index (χ3n) is 4.10. The lowest BCUT2D eigenvalue weighted by molar-refractivity contribution is -0.137. The molecule has 1 aromatic heterocycles. The highest BCUT2D eigenvalue weighted by atomic mass is 16.4. The number of likely N-dealkylation sites (tertiary alicyclic amines) is 1. The Kier molecular flexibility index (Phi) is 4.58. The number of aromatic nitrogens is 2. The predicted octanol–water partition coefficient (Wildman–Crippen LogP) is 1.81. The Labute approximate surface area is 114 Å². The maximum absolute atomic E-state index is 10.6. The third-order valence-corrected chi connectivity index (χ3v) is 4.10. The van der Waals surface area contributed by atoms with Gasteiger partial charge in [0.2, 0.25) is 0 Å². The highest BCUT2D eigenvalue weighted by Crippen LogP contribution is 2.23. The highest BCUT2D eigenvalue weighted by molar-refractivity contribution is 5.66. The molecule has 1 atom stereocenters. The topological polar surface area (TPSA) is 58.4 Å². The molecule has 5 heteroatoms. The lowest BCUT2D eigenvalue weighted by atomic mass is 9.93. The van der Waals surface area contributed by atoms with Crippen LogP contribution in [0.1, 0.15) is 36.9 Å². The fraction of sp³-hybridized carbons (Fsp3) is 0.714. The van der Waals surface area contributed by atoms with E-state index < -0.39 is 5.97 Å². The quantitative estimate of drug-likeness (QED) is 0.882. The van der Waals surface area contributed by atoms with Crippen LogP contribution in [-0.4, -0.2) is 38.8 Å². The molecule has 1 aromatic rings. The van der Waals surface area contributed by atoms with Crippen molar-refractivity contribution in [3.63, 3.8) is 0 Å². The van der Waals surface area contributed by atoms with Crippen molar-refractivity contribution >= 4 is 5.97 Å². The van der Waals surface area contributed by atoms with Crippen LogP contribution in [0.25, 0.3) is 0 Å². The van der Waals surface area contributed by atoms with E-state index >= 15 is 0 Å². The lowest BCUT2D eigenvalue weighted by Gasteiger charge is -2.32. The van der Waals surface area contributed by atoms with E-state index in [1.165, 1.54) is 17.7 Å². The van der Waals surface area contributed by atoms with Crippen molar-refractivity contribution in [2.24, 2.45) is 13.0 Å². The molecule has 1 N–H and O–H groups in total. The van der Waals surface area contributed by atoms with Crippen LogP contribution in [0.5, 0.6) is 0 Å². The summed E-state index contributed by atoms with van der Waals surface area (Å²) >= 11 is 0. The first-order valence-electron chi connectivity index (χ1n) is 6.98. The zero-order chi connectivity index (χ0) is 13.8. The van der Waals surface area contributed by atoms with Crippen LogP contribution in [0.4, 0.5) is 0 Å². The van der Waals surface area contributed by atoms with Gasteiger partial charge in [-0.3, -0.25) is 14.4 Å². The monoisotopic (exact) mass is 265 g/mol. The highest BCUT2D eigenvalue weighted by Gasteiger charge is 2.21. The second kappa shape index (κ2) is 6.19. The van der Waals surface area contributed by atoms with Crippen LogP contribution < -0.4 is 0 Å². The molecule has 0 aliphatic carbocycles. The summed E-state index contributed by atoms with van der Waals surface area (Å²) in [6, 6.07) is 0. The molecule has 19 heavy (non-hydrogen) atoms. The second-order valence-electron chi connectivity index (χ2n) is 5.55. The number of carboxylic acids is 1. The molecule has 1 fully saturated rings. The molecule has 1 saturated heterocycles. The van der Waals surface area contributed by atoms with Crippen molar-refractivity contribution in [1.29, 1.82) is 0 Å². The molecule has 2 heterocycles. The zero-order valence-corrected chi connectivity index (χ0v) is 11.8. The molecule has 5 nitrogen and oxygen atoms in total. The summed E-state index contributed by atoms with van der Waals surface area (Å²) < 4.78 is 1.90. The standard InChI is InChI=1S/C14H23N3O2/c1-11-13(8-15-16(11)2)10-17-7-3-4-12(9-17)5-6-14(18)19/h8,12H,3-7,9-10H2,1-2H3,(H,18,19). The number of carboxylic acid groups (broad SMARTS) is 1. The number of piperidine rings is 1. The first-order chi connectivity index (χ1) is 9.06. The molecular weight excluding hydrogens is 242 g/mol. The van der Waals surface area contributed by atoms with Crippen LogP contribution in [-0.2, 0) is 18.4 Å². The van der Waals surface area contributed by atoms with Gasteiger partial charge in [0.15, 0.2) is 0 Å². The molecule has 1 aliphatic heterocycles. The first kappa shape index (κ1) is 14.1. The smallest absolute Gasteiger partial charge is 0.303 e. The van der Waals surface area contributed by atoms with Crippen LogP contribution in [0.2, 0.25) is 0 Å². The molecule has 1 aliphatic rings. The Morgan fingerprint density at radius 3 is 3.00 bits per heavy atom. The molecule has 0 spiro atoms. The Morgan fingerprint density at radius 1 is 1.58 bits per heavy atom. The average molecular weight is 265 g/mol. The SMILES string of the molecule is Cc1c(CN2CCCC(CCC(=O)O)C2)cnn1C. The van der Waals surface area contributed by atoms with Crippen molar-refractivity contribution in [1.82, 2.24) is 14.7 Å². The van der Waals surface area contributed by atoms with Gasteiger partial charge >= 0.3 is 5.97 Å². The van der Waals surface area contributed by atoms with Gasteiger partial charge in [-0.05, 0) is 38.6 Å². The summed E-state index contributed by atoms with van der Waals surface area (Å²) in [7, 11) is 1.96. The van der Waals surface area contributed by atoms with E-state index in [0.717, 1.165) is 32.5 Å². The Hall–Kier alpha value is -1.36. The zero-order valence-electron chi connectivity index (χ0n) is 11.8. The van der Waals surface area contributed by atoms with Crippen molar-refractivity contribution in [2.75, 3.05) is 13.1 Å². The van der Waals surface area contributed by atoms with Crippen molar-refractivity contribution < 1.29 is 9.90 Å². The molecule has 0 saturated carbocycles. The summed E-state index contributed by atoms with van der Waals surface area (Å²) in [6.07, 6.45) is 5.37. The molecule has 0 radical (unpaired) electrons. The minimum absolute atomic E-state index is 0.296. The number of nitrogens with zero attached hydrogens (tertiary/aromatic N) is 3. The van der Waals surface area contributed by atoms with Gasteiger partial charge in [-0.25, -0.2) is 0 Å².